The van der Waals surface area contributed by atoms with Gasteiger partial charge < -0.3 is 11.1 Å². The van der Waals surface area contributed by atoms with Crippen LogP contribution in [-0.4, -0.2) is 24.6 Å². The number of hydrogen-bond acceptors (Lipinski definition) is 6. The molecule has 0 saturated carbocycles. The molecule has 3 N–H and O–H groups in total. The summed E-state index contributed by atoms with van der Waals surface area (Å²) in [5.41, 5.74) is 8.65. The molecular formula is C18H21ClFN7. The summed E-state index contributed by atoms with van der Waals surface area (Å²) in [5, 5.41) is 7.84. The molecule has 1 aromatic carbocycles. The number of nitrogens with zero attached hydrogens (tertiary/aromatic N) is 5. The van der Waals surface area contributed by atoms with E-state index in [4.69, 9.17) is 17.3 Å². The van der Waals surface area contributed by atoms with E-state index in [1.54, 1.807) is 35.1 Å². The number of hydrogen-bond donors (Lipinski definition) is 2. The number of benzene rings is 1. The minimum Gasteiger partial charge on any atom is -0.382 e. The van der Waals surface area contributed by atoms with Crippen molar-refractivity contribution in [2.75, 3.05) is 11.1 Å². The van der Waals surface area contributed by atoms with Gasteiger partial charge in [-0.05, 0) is 30.7 Å². The molecule has 142 valence electrons. The smallest absolute Gasteiger partial charge is 0.166 e. The van der Waals surface area contributed by atoms with Gasteiger partial charge in [0.25, 0.3) is 0 Å². The van der Waals surface area contributed by atoms with Crippen molar-refractivity contribution in [3.63, 3.8) is 0 Å². The number of aromatic nitrogens is 5. The number of halogens is 2. The summed E-state index contributed by atoms with van der Waals surface area (Å²) in [5.74, 6) is 0.520. The fraction of sp³-hybridized carbons (Fsp3) is 0.111. The third kappa shape index (κ3) is 3.26. The second-order valence-electron chi connectivity index (χ2n) is 5.97. The summed E-state index contributed by atoms with van der Waals surface area (Å²) in [7, 11) is 0. The highest BCUT2D eigenvalue weighted by atomic mass is 35.5. The maximum Gasteiger partial charge on any atom is 0.166 e. The predicted octanol–water partition coefficient (Wildman–Crippen LogP) is 4.47. The summed E-state index contributed by atoms with van der Waals surface area (Å²) in [6.07, 6.45) is 4.86. The van der Waals surface area contributed by atoms with E-state index in [2.05, 4.69) is 25.4 Å². The first-order chi connectivity index (χ1) is 13.0. The molecule has 0 fully saturated rings. The van der Waals surface area contributed by atoms with Gasteiger partial charge in [0.15, 0.2) is 11.5 Å². The zero-order chi connectivity index (χ0) is 19.0. The van der Waals surface area contributed by atoms with Crippen LogP contribution in [0, 0.1) is 5.82 Å². The van der Waals surface area contributed by atoms with E-state index in [9.17, 15) is 4.39 Å². The summed E-state index contributed by atoms with van der Waals surface area (Å²) >= 11 is 6.14. The Morgan fingerprint density at radius 1 is 1.26 bits per heavy atom. The molecule has 1 atom stereocenters. The first-order valence-corrected chi connectivity index (χ1v) is 8.53. The van der Waals surface area contributed by atoms with Gasteiger partial charge in [-0.3, -0.25) is 0 Å². The fourth-order valence-electron chi connectivity index (χ4n) is 2.87. The van der Waals surface area contributed by atoms with Crippen molar-refractivity contribution in [2.24, 2.45) is 0 Å². The van der Waals surface area contributed by atoms with Crippen LogP contribution in [0.15, 0.2) is 49.1 Å². The summed E-state index contributed by atoms with van der Waals surface area (Å²) in [6, 6.07) is 7.63. The molecule has 0 aliphatic heterocycles. The van der Waals surface area contributed by atoms with Crippen molar-refractivity contribution >= 4 is 28.9 Å². The minimum absolute atomic E-state index is 0. The highest BCUT2D eigenvalue weighted by molar-refractivity contribution is 6.31. The van der Waals surface area contributed by atoms with Crippen molar-refractivity contribution in [1.29, 1.82) is 0 Å². The minimum atomic E-state index is -0.378. The Morgan fingerprint density at radius 3 is 2.93 bits per heavy atom. The zero-order valence-electron chi connectivity index (χ0n) is 14.3. The van der Waals surface area contributed by atoms with Crippen LogP contribution < -0.4 is 11.1 Å². The highest BCUT2D eigenvalue weighted by Gasteiger charge is 2.16. The second-order valence-corrected chi connectivity index (χ2v) is 6.38. The van der Waals surface area contributed by atoms with E-state index in [0.29, 0.717) is 33.6 Å². The van der Waals surface area contributed by atoms with Gasteiger partial charge in [0, 0.05) is 27.8 Å². The molecule has 3 aromatic heterocycles. The Kier molecular flexibility index (Phi) is 4.33. The average Bonchev–Trinajstić information content (AvgIpc) is 2.97. The van der Waals surface area contributed by atoms with E-state index in [0.717, 1.165) is 5.56 Å². The Bertz CT molecular complexity index is 1140. The van der Waals surface area contributed by atoms with Gasteiger partial charge >= 0.3 is 0 Å². The molecule has 0 saturated heterocycles. The van der Waals surface area contributed by atoms with E-state index < -0.39 is 0 Å². The molecular weight excluding hydrogens is 369 g/mol. The number of nitrogens with one attached hydrogen (secondary N) is 1. The molecule has 0 aliphatic carbocycles. The molecule has 0 bridgehead atoms. The lowest BCUT2D eigenvalue weighted by molar-refractivity contribution is 0.626. The van der Waals surface area contributed by atoms with Crippen molar-refractivity contribution in [3.8, 4) is 11.3 Å². The van der Waals surface area contributed by atoms with E-state index >= 15 is 0 Å². The topological polar surface area (TPSA) is 94.0 Å². The largest absolute Gasteiger partial charge is 0.382 e. The molecule has 0 spiro atoms. The number of nitrogen functional groups attached to an aromatic ring is 1. The van der Waals surface area contributed by atoms with E-state index in [1.165, 1.54) is 18.5 Å². The summed E-state index contributed by atoms with van der Waals surface area (Å²) in [4.78, 5) is 12.9. The van der Waals surface area contributed by atoms with Crippen LogP contribution in [0.2, 0.25) is 5.02 Å². The van der Waals surface area contributed by atoms with Gasteiger partial charge in [0.05, 0.1) is 17.3 Å². The standard InChI is InChI=1S/C18H15ClFN7.3H2/c1-10(12-4-3-11(20)7-13(12)19)25-15-8-14(23-9-24-15)16-17(21)26-27-6-2-5-22-18(16)27;;;/h2-10H,1H3,(H2,21,26)(H,23,24,25);3*1H/t10-;;;/m0.../s1. The molecule has 4 rings (SSSR count). The Hall–Kier alpha value is -3.26. The second kappa shape index (κ2) is 6.81. The van der Waals surface area contributed by atoms with Crippen molar-refractivity contribution in [2.45, 2.75) is 13.0 Å². The van der Waals surface area contributed by atoms with Crippen LogP contribution in [-0.2, 0) is 0 Å². The predicted molar refractivity (Wildman–Crippen MR) is 108 cm³/mol. The number of nitrogens with two attached hydrogens (primary N) is 1. The van der Waals surface area contributed by atoms with Gasteiger partial charge in [0.1, 0.15) is 18.0 Å². The molecule has 0 radical (unpaired) electrons. The quantitative estimate of drug-likeness (QED) is 0.534. The van der Waals surface area contributed by atoms with Gasteiger partial charge in [0.2, 0.25) is 0 Å². The van der Waals surface area contributed by atoms with Crippen LogP contribution in [0.5, 0.6) is 0 Å². The first-order valence-electron chi connectivity index (χ1n) is 8.15. The maximum absolute atomic E-state index is 13.3. The van der Waals surface area contributed by atoms with Crippen molar-refractivity contribution in [1.82, 2.24) is 24.6 Å². The molecule has 27 heavy (non-hydrogen) atoms. The van der Waals surface area contributed by atoms with Gasteiger partial charge in [-0.25, -0.2) is 23.9 Å². The van der Waals surface area contributed by atoms with Crippen LogP contribution >= 0.6 is 11.6 Å². The fourth-order valence-corrected chi connectivity index (χ4v) is 3.21. The molecule has 0 unspecified atom stereocenters. The third-order valence-electron chi connectivity index (χ3n) is 4.14. The first kappa shape index (κ1) is 17.2. The lowest BCUT2D eigenvalue weighted by Crippen LogP contribution is -2.09. The Labute approximate surface area is 163 Å². The van der Waals surface area contributed by atoms with Crippen LogP contribution in [0.3, 0.4) is 0 Å². The summed E-state index contributed by atoms with van der Waals surface area (Å²) < 4.78 is 14.9. The van der Waals surface area contributed by atoms with Crippen molar-refractivity contribution < 1.29 is 8.67 Å². The molecule has 3 heterocycles. The van der Waals surface area contributed by atoms with Crippen LogP contribution in [0.4, 0.5) is 16.0 Å². The summed E-state index contributed by atoms with van der Waals surface area (Å²) in [6.45, 7) is 1.91. The van der Waals surface area contributed by atoms with E-state index in [1.807, 2.05) is 6.92 Å². The third-order valence-corrected chi connectivity index (χ3v) is 4.47. The Balaban J connectivity index is 0.00000150. The Morgan fingerprint density at radius 2 is 2.11 bits per heavy atom. The lowest BCUT2D eigenvalue weighted by Gasteiger charge is -2.16. The number of anilines is 2. The normalized spacial score (nSPS) is 12.3. The van der Waals surface area contributed by atoms with Crippen molar-refractivity contribution in [3.05, 3.63) is 65.5 Å². The van der Waals surface area contributed by atoms with Gasteiger partial charge in [-0.15, -0.1) is 5.10 Å². The molecule has 0 amide bonds. The average molecular weight is 390 g/mol. The molecule has 0 aliphatic rings. The molecule has 7 nitrogen and oxygen atoms in total. The lowest BCUT2D eigenvalue weighted by atomic mass is 10.1. The maximum atomic E-state index is 13.3. The zero-order valence-corrected chi connectivity index (χ0v) is 15.0. The van der Waals surface area contributed by atoms with Crippen LogP contribution in [0.25, 0.3) is 16.9 Å². The monoisotopic (exact) mass is 389 g/mol. The van der Waals surface area contributed by atoms with Crippen LogP contribution in [0.1, 0.15) is 22.8 Å². The number of rotatable bonds is 4. The SMILES string of the molecule is C[C@H](Nc1cc(-c2c(N)nn3cccnc23)ncn1)c1ccc(F)cc1Cl.[HH].[HH].[HH]. The molecule has 9 heteroatoms. The van der Waals surface area contributed by atoms with Gasteiger partial charge in [-0.1, -0.05) is 17.7 Å². The molecule has 4 aromatic rings. The van der Waals surface area contributed by atoms with E-state index in [-0.39, 0.29) is 16.1 Å². The van der Waals surface area contributed by atoms with Gasteiger partial charge in [-0.2, -0.15) is 0 Å². The number of fused-ring (bicyclic) bond motifs is 1. The highest BCUT2D eigenvalue weighted by Crippen LogP contribution is 2.30.